The van der Waals surface area contributed by atoms with Gasteiger partial charge in [-0.2, -0.15) is 0 Å². The largest absolute Gasteiger partial charge is 0.384 e. The van der Waals surface area contributed by atoms with Crippen LogP contribution in [0.1, 0.15) is 20.8 Å². The van der Waals surface area contributed by atoms with Gasteiger partial charge in [-0.3, -0.25) is 0 Å². The molecule has 0 bridgehead atoms. The standard InChI is InChI=1S/C8H12N/c1-6-4-8(3)9-5-7(6)2/h9H,5H2,1-3H3. The number of hydrogen-bond acceptors (Lipinski definition) is 1. The zero-order valence-corrected chi connectivity index (χ0v) is 6.21. The van der Waals surface area contributed by atoms with Gasteiger partial charge in [-0.25, -0.2) is 0 Å². The topological polar surface area (TPSA) is 12.0 Å². The first-order chi connectivity index (χ1) is 4.20. The maximum absolute atomic E-state index is 3.21. The van der Waals surface area contributed by atoms with Gasteiger partial charge in [0.1, 0.15) is 0 Å². The Labute approximate surface area is 56.5 Å². The van der Waals surface area contributed by atoms with E-state index < -0.39 is 0 Å². The van der Waals surface area contributed by atoms with Crippen molar-refractivity contribution in [1.82, 2.24) is 5.32 Å². The fourth-order valence-corrected chi connectivity index (χ4v) is 0.830. The van der Waals surface area contributed by atoms with E-state index in [4.69, 9.17) is 0 Å². The van der Waals surface area contributed by atoms with E-state index in [0.29, 0.717) is 0 Å². The predicted molar refractivity (Wildman–Crippen MR) is 38.8 cm³/mol. The van der Waals surface area contributed by atoms with Crippen molar-refractivity contribution in [3.05, 3.63) is 22.9 Å². The van der Waals surface area contributed by atoms with Gasteiger partial charge in [-0.1, -0.05) is 5.57 Å². The fourth-order valence-electron chi connectivity index (χ4n) is 0.830. The summed E-state index contributed by atoms with van der Waals surface area (Å²) in [6.45, 7) is 7.25. The molecule has 0 amide bonds. The van der Waals surface area contributed by atoms with E-state index in [2.05, 4.69) is 25.2 Å². The first-order valence-corrected chi connectivity index (χ1v) is 3.21. The summed E-state index contributed by atoms with van der Waals surface area (Å²) >= 11 is 0. The highest BCUT2D eigenvalue weighted by molar-refractivity contribution is 5.25. The Balaban J connectivity index is 2.83. The Hall–Kier alpha value is -0.720. The normalized spacial score (nSPS) is 19.2. The maximum atomic E-state index is 3.21. The molecule has 0 unspecified atom stereocenters. The van der Waals surface area contributed by atoms with Gasteiger partial charge in [-0.15, -0.1) is 0 Å². The lowest BCUT2D eigenvalue weighted by molar-refractivity contribution is 0.831. The van der Waals surface area contributed by atoms with Gasteiger partial charge in [0.2, 0.25) is 0 Å². The molecule has 1 aliphatic heterocycles. The minimum absolute atomic E-state index is 0.991. The number of dihydropyridines is 1. The second-order valence-electron chi connectivity index (χ2n) is 2.51. The van der Waals surface area contributed by atoms with Crippen molar-refractivity contribution >= 4 is 0 Å². The van der Waals surface area contributed by atoms with Crippen molar-refractivity contribution in [3.8, 4) is 0 Å². The van der Waals surface area contributed by atoms with E-state index in [1.54, 1.807) is 0 Å². The third-order valence-electron chi connectivity index (χ3n) is 1.63. The number of nitrogens with one attached hydrogen (secondary N) is 1. The van der Waals surface area contributed by atoms with Crippen molar-refractivity contribution in [1.29, 1.82) is 0 Å². The number of rotatable bonds is 0. The fraction of sp³-hybridized carbons (Fsp3) is 0.500. The highest BCUT2D eigenvalue weighted by Gasteiger charge is 2.01. The molecule has 1 radical (unpaired) electrons. The van der Waals surface area contributed by atoms with Crippen molar-refractivity contribution in [2.75, 3.05) is 6.54 Å². The molecule has 1 heteroatoms. The molecule has 1 N–H and O–H groups in total. The van der Waals surface area contributed by atoms with E-state index >= 15 is 0 Å². The average Bonchev–Trinajstić information content (AvgIpc) is 1.80. The van der Waals surface area contributed by atoms with Crippen LogP contribution in [0.4, 0.5) is 0 Å². The van der Waals surface area contributed by atoms with Crippen molar-refractivity contribution in [2.45, 2.75) is 20.8 Å². The summed E-state index contributed by atoms with van der Waals surface area (Å²) in [4.78, 5) is 0. The third-order valence-corrected chi connectivity index (χ3v) is 1.63. The van der Waals surface area contributed by atoms with Crippen LogP contribution in [0.5, 0.6) is 0 Å². The van der Waals surface area contributed by atoms with E-state index in [1.807, 2.05) is 6.92 Å². The van der Waals surface area contributed by atoms with Crippen LogP contribution in [-0.4, -0.2) is 6.54 Å². The molecule has 0 aromatic heterocycles. The van der Waals surface area contributed by atoms with Gasteiger partial charge in [0.05, 0.1) is 0 Å². The van der Waals surface area contributed by atoms with Crippen LogP contribution in [0, 0.1) is 6.08 Å². The van der Waals surface area contributed by atoms with Gasteiger partial charge < -0.3 is 5.32 Å². The molecule has 0 fully saturated rings. The highest BCUT2D eigenvalue weighted by Crippen LogP contribution is 2.09. The summed E-state index contributed by atoms with van der Waals surface area (Å²) in [5, 5.41) is 3.21. The average molecular weight is 122 g/mol. The molecule has 0 saturated heterocycles. The van der Waals surface area contributed by atoms with Gasteiger partial charge >= 0.3 is 0 Å². The Bertz CT molecular complexity index is 175. The lowest BCUT2D eigenvalue weighted by Crippen LogP contribution is -2.18. The van der Waals surface area contributed by atoms with Crippen molar-refractivity contribution in [3.63, 3.8) is 0 Å². The summed E-state index contributed by atoms with van der Waals surface area (Å²) in [5.41, 5.74) is 3.82. The predicted octanol–water partition coefficient (Wildman–Crippen LogP) is 1.63. The summed E-state index contributed by atoms with van der Waals surface area (Å²) < 4.78 is 0. The van der Waals surface area contributed by atoms with E-state index in [0.717, 1.165) is 12.2 Å². The molecule has 0 aromatic carbocycles. The molecule has 1 rings (SSSR count). The lowest BCUT2D eigenvalue weighted by Gasteiger charge is -2.13. The van der Waals surface area contributed by atoms with Crippen molar-refractivity contribution in [2.24, 2.45) is 0 Å². The zero-order valence-electron chi connectivity index (χ0n) is 6.21. The van der Waals surface area contributed by atoms with Crippen LogP contribution in [0.3, 0.4) is 0 Å². The monoisotopic (exact) mass is 122 g/mol. The van der Waals surface area contributed by atoms with Crippen LogP contribution >= 0.6 is 0 Å². The lowest BCUT2D eigenvalue weighted by atomic mass is 10.1. The Kier molecular flexibility index (Phi) is 1.60. The van der Waals surface area contributed by atoms with Gasteiger partial charge in [-0.05, 0) is 26.3 Å². The molecule has 0 aliphatic carbocycles. The van der Waals surface area contributed by atoms with E-state index in [-0.39, 0.29) is 0 Å². The van der Waals surface area contributed by atoms with Crippen molar-refractivity contribution < 1.29 is 0 Å². The minimum Gasteiger partial charge on any atom is -0.384 e. The van der Waals surface area contributed by atoms with E-state index in [1.165, 1.54) is 11.1 Å². The van der Waals surface area contributed by atoms with Gasteiger partial charge in [0, 0.05) is 18.3 Å². The molecular weight excluding hydrogens is 110 g/mol. The number of hydrogen-bond donors (Lipinski definition) is 1. The molecule has 0 aromatic rings. The van der Waals surface area contributed by atoms with Crippen LogP contribution in [-0.2, 0) is 0 Å². The summed E-state index contributed by atoms with van der Waals surface area (Å²) in [7, 11) is 0. The highest BCUT2D eigenvalue weighted by atomic mass is 14.9. The minimum atomic E-state index is 0.991. The Morgan fingerprint density at radius 1 is 1.33 bits per heavy atom. The quantitative estimate of drug-likeness (QED) is 0.515. The molecule has 9 heavy (non-hydrogen) atoms. The summed E-state index contributed by atoms with van der Waals surface area (Å²) in [6, 6.07) is 0. The van der Waals surface area contributed by atoms with Crippen LogP contribution in [0.15, 0.2) is 16.8 Å². The van der Waals surface area contributed by atoms with Crippen LogP contribution < -0.4 is 5.32 Å². The Morgan fingerprint density at radius 2 is 2.00 bits per heavy atom. The molecule has 0 atom stereocenters. The van der Waals surface area contributed by atoms with Gasteiger partial charge in [0.15, 0.2) is 0 Å². The third kappa shape index (κ3) is 1.35. The molecule has 1 nitrogen and oxygen atoms in total. The second kappa shape index (κ2) is 2.26. The molecule has 1 aliphatic rings. The summed E-state index contributed by atoms with van der Waals surface area (Å²) in [5.74, 6) is 0. The SMILES string of the molecule is CC1=[C]C(C)=C(C)CN1. The second-order valence-corrected chi connectivity index (χ2v) is 2.51. The first-order valence-electron chi connectivity index (χ1n) is 3.21. The molecule has 0 spiro atoms. The smallest absolute Gasteiger partial charge is 0.0360 e. The molecule has 1 heterocycles. The summed E-state index contributed by atoms with van der Waals surface area (Å²) in [6.07, 6.45) is 3.21. The van der Waals surface area contributed by atoms with Gasteiger partial charge in [0.25, 0.3) is 0 Å². The first kappa shape index (κ1) is 6.40. The van der Waals surface area contributed by atoms with E-state index in [9.17, 15) is 0 Å². The number of allylic oxidation sites excluding steroid dienone is 3. The van der Waals surface area contributed by atoms with Crippen LogP contribution in [0.25, 0.3) is 0 Å². The molecule has 49 valence electrons. The van der Waals surface area contributed by atoms with Crippen LogP contribution in [0.2, 0.25) is 0 Å². The zero-order chi connectivity index (χ0) is 6.85. The Morgan fingerprint density at radius 3 is 2.44 bits per heavy atom. The maximum Gasteiger partial charge on any atom is 0.0360 e. The molecule has 0 saturated carbocycles. The molecular formula is C8H12N.